The summed E-state index contributed by atoms with van der Waals surface area (Å²) in [4.78, 5) is 6.03. The Morgan fingerprint density at radius 2 is 2.06 bits per heavy atom. The van der Waals surface area contributed by atoms with Gasteiger partial charge < -0.3 is 10.1 Å². The Kier molecular flexibility index (Phi) is 4.17. The zero-order chi connectivity index (χ0) is 12.3. The lowest BCUT2D eigenvalue weighted by Gasteiger charge is -2.36. The number of rotatable bonds is 4. The summed E-state index contributed by atoms with van der Waals surface area (Å²) in [7, 11) is 2.04. The summed E-state index contributed by atoms with van der Waals surface area (Å²) in [6.07, 6.45) is 3.38. The molecule has 0 saturated carbocycles. The Labute approximate surface area is 108 Å². The normalized spacial score (nSPS) is 19.5. The molecule has 96 valence electrons. The lowest BCUT2D eigenvalue weighted by atomic mass is 9.77. The average Bonchev–Trinajstić information content (AvgIpc) is 2.59. The van der Waals surface area contributed by atoms with Crippen molar-refractivity contribution < 1.29 is 4.74 Å². The van der Waals surface area contributed by atoms with Crippen LogP contribution in [0.25, 0.3) is 0 Å². The van der Waals surface area contributed by atoms with Crippen molar-refractivity contribution in [2.24, 2.45) is 5.41 Å². The summed E-state index contributed by atoms with van der Waals surface area (Å²) in [5, 5.41) is 4.63. The highest BCUT2D eigenvalue weighted by Gasteiger charge is 2.33. The fraction of sp³-hybridized carbons (Fsp3) is 0.769. The fourth-order valence-electron chi connectivity index (χ4n) is 2.53. The SMILES string of the molecule is CNCC1(Cc2nc(C)c(C)s2)CCOCC1. The van der Waals surface area contributed by atoms with Gasteiger partial charge in [-0.15, -0.1) is 11.3 Å². The van der Waals surface area contributed by atoms with Gasteiger partial charge in [-0.05, 0) is 39.2 Å². The molecule has 1 aliphatic heterocycles. The van der Waals surface area contributed by atoms with Crippen molar-refractivity contribution in [1.82, 2.24) is 10.3 Å². The van der Waals surface area contributed by atoms with E-state index < -0.39 is 0 Å². The van der Waals surface area contributed by atoms with Crippen LogP contribution in [0.3, 0.4) is 0 Å². The van der Waals surface area contributed by atoms with Crippen LogP contribution in [0.4, 0.5) is 0 Å². The third-order valence-electron chi connectivity index (χ3n) is 3.70. The van der Waals surface area contributed by atoms with Gasteiger partial charge in [-0.1, -0.05) is 0 Å². The zero-order valence-electron chi connectivity index (χ0n) is 11.0. The van der Waals surface area contributed by atoms with Crippen LogP contribution < -0.4 is 5.32 Å². The van der Waals surface area contributed by atoms with Crippen LogP contribution >= 0.6 is 11.3 Å². The maximum absolute atomic E-state index is 5.49. The van der Waals surface area contributed by atoms with Gasteiger partial charge >= 0.3 is 0 Å². The molecule has 2 heterocycles. The second-order valence-corrected chi connectivity index (χ2v) is 6.36. The average molecular weight is 254 g/mol. The molecule has 1 aromatic heterocycles. The van der Waals surface area contributed by atoms with Gasteiger partial charge in [0.25, 0.3) is 0 Å². The van der Waals surface area contributed by atoms with E-state index in [1.165, 1.54) is 15.6 Å². The highest BCUT2D eigenvalue weighted by atomic mass is 32.1. The Morgan fingerprint density at radius 1 is 1.35 bits per heavy atom. The lowest BCUT2D eigenvalue weighted by Crippen LogP contribution is -2.39. The quantitative estimate of drug-likeness (QED) is 0.895. The van der Waals surface area contributed by atoms with Gasteiger partial charge in [-0.3, -0.25) is 0 Å². The Bertz CT molecular complexity index is 344. The van der Waals surface area contributed by atoms with Crippen LogP contribution in [0.5, 0.6) is 0 Å². The van der Waals surface area contributed by atoms with Crippen molar-refractivity contribution in [3.63, 3.8) is 0 Å². The molecule has 1 saturated heterocycles. The van der Waals surface area contributed by atoms with Crippen molar-refractivity contribution in [3.8, 4) is 0 Å². The molecule has 0 aliphatic carbocycles. The van der Waals surface area contributed by atoms with E-state index in [1.807, 2.05) is 18.4 Å². The molecule has 0 amide bonds. The highest BCUT2D eigenvalue weighted by molar-refractivity contribution is 7.11. The molecule has 3 nitrogen and oxygen atoms in total. The molecule has 4 heteroatoms. The molecule has 1 N–H and O–H groups in total. The van der Waals surface area contributed by atoms with E-state index in [0.717, 1.165) is 39.0 Å². The zero-order valence-corrected chi connectivity index (χ0v) is 11.8. The smallest absolute Gasteiger partial charge is 0.0936 e. The van der Waals surface area contributed by atoms with Gasteiger partial charge in [0.05, 0.1) is 10.7 Å². The van der Waals surface area contributed by atoms with Gasteiger partial charge in [0.2, 0.25) is 0 Å². The summed E-state index contributed by atoms with van der Waals surface area (Å²) < 4.78 is 5.49. The molecule has 0 aromatic carbocycles. The van der Waals surface area contributed by atoms with Crippen LogP contribution in [0.1, 0.15) is 28.4 Å². The first-order valence-electron chi connectivity index (χ1n) is 6.30. The van der Waals surface area contributed by atoms with Gasteiger partial charge in [0.15, 0.2) is 0 Å². The van der Waals surface area contributed by atoms with Gasteiger partial charge in [0, 0.05) is 31.1 Å². The molecule has 1 fully saturated rings. The maximum Gasteiger partial charge on any atom is 0.0936 e. The number of hydrogen-bond donors (Lipinski definition) is 1. The predicted octanol–water partition coefficient (Wildman–Crippen LogP) is 2.32. The molecule has 17 heavy (non-hydrogen) atoms. The van der Waals surface area contributed by atoms with Crippen LogP contribution in [0, 0.1) is 19.3 Å². The molecule has 0 unspecified atom stereocenters. The van der Waals surface area contributed by atoms with Gasteiger partial charge in [0.1, 0.15) is 0 Å². The van der Waals surface area contributed by atoms with Crippen molar-refractivity contribution in [2.45, 2.75) is 33.1 Å². The Morgan fingerprint density at radius 3 is 2.59 bits per heavy atom. The topological polar surface area (TPSA) is 34.2 Å². The summed E-state index contributed by atoms with van der Waals surface area (Å²) in [5.41, 5.74) is 1.54. The fourth-order valence-corrected chi connectivity index (χ4v) is 3.64. The van der Waals surface area contributed by atoms with E-state index in [-0.39, 0.29) is 0 Å². The third-order valence-corrected chi connectivity index (χ3v) is 4.78. The second-order valence-electron chi connectivity index (χ2n) is 5.07. The summed E-state index contributed by atoms with van der Waals surface area (Å²) in [5.74, 6) is 0. The number of aryl methyl sites for hydroxylation is 2. The molecular weight excluding hydrogens is 232 g/mol. The number of nitrogens with zero attached hydrogens (tertiary/aromatic N) is 1. The van der Waals surface area contributed by atoms with E-state index in [9.17, 15) is 0 Å². The molecule has 1 aromatic rings. The minimum Gasteiger partial charge on any atom is -0.381 e. The molecule has 1 aliphatic rings. The van der Waals surface area contributed by atoms with Crippen LogP contribution in [-0.4, -0.2) is 31.8 Å². The first-order chi connectivity index (χ1) is 8.15. The van der Waals surface area contributed by atoms with Crippen molar-refractivity contribution in [1.29, 1.82) is 0 Å². The molecule has 0 radical (unpaired) electrons. The van der Waals surface area contributed by atoms with Crippen molar-refractivity contribution >= 4 is 11.3 Å². The van der Waals surface area contributed by atoms with Crippen molar-refractivity contribution in [3.05, 3.63) is 15.6 Å². The predicted molar refractivity (Wildman–Crippen MR) is 71.7 cm³/mol. The standard InChI is InChI=1S/C13H22N2OS/c1-10-11(2)17-12(15-10)8-13(9-14-3)4-6-16-7-5-13/h14H,4-9H2,1-3H3. The first-order valence-corrected chi connectivity index (χ1v) is 7.12. The van der Waals surface area contributed by atoms with Crippen molar-refractivity contribution in [2.75, 3.05) is 26.8 Å². The number of nitrogens with one attached hydrogen (secondary N) is 1. The van der Waals surface area contributed by atoms with E-state index in [0.29, 0.717) is 5.41 Å². The second kappa shape index (κ2) is 5.46. The summed E-state index contributed by atoms with van der Waals surface area (Å²) >= 11 is 1.85. The van der Waals surface area contributed by atoms with E-state index in [2.05, 4.69) is 24.1 Å². The Balaban J connectivity index is 2.11. The largest absolute Gasteiger partial charge is 0.381 e. The molecular formula is C13H22N2OS. The molecule has 2 rings (SSSR count). The lowest BCUT2D eigenvalue weighted by molar-refractivity contribution is 0.0158. The van der Waals surface area contributed by atoms with E-state index in [4.69, 9.17) is 4.74 Å². The van der Waals surface area contributed by atoms with Gasteiger partial charge in [-0.2, -0.15) is 0 Å². The van der Waals surface area contributed by atoms with Gasteiger partial charge in [-0.25, -0.2) is 4.98 Å². The van der Waals surface area contributed by atoms with Crippen LogP contribution in [-0.2, 0) is 11.2 Å². The molecule has 0 atom stereocenters. The van der Waals surface area contributed by atoms with Crippen LogP contribution in [0.2, 0.25) is 0 Å². The highest BCUT2D eigenvalue weighted by Crippen LogP contribution is 2.35. The van der Waals surface area contributed by atoms with E-state index in [1.54, 1.807) is 0 Å². The monoisotopic (exact) mass is 254 g/mol. The molecule has 0 bridgehead atoms. The summed E-state index contributed by atoms with van der Waals surface area (Å²) in [6, 6.07) is 0. The summed E-state index contributed by atoms with van der Waals surface area (Å²) in [6.45, 7) is 7.11. The maximum atomic E-state index is 5.49. The molecule has 0 spiro atoms. The van der Waals surface area contributed by atoms with Crippen LogP contribution in [0.15, 0.2) is 0 Å². The Hall–Kier alpha value is -0.450. The number of ether oxygens (including phenoxy) is 1. The minimum atomic E-state index is 0.351. The van der Waals surface area contributed by atoms with E-state index >= 15 is 0 Å². The third kappa shape index (κ3) is 3.06. The number of thiazole rings is 1. The number of aromatic nitrogens is 1. The minimum absolute atomic E-state index is 0.351. The number of hydrogen-bond acceptors (Lipinski definition) is 4. The first kappa shape index (κ1) is 13.0.